The van der Waals surface area contributed by atoms with Gasteiger partial charge in [-0.1, -0.05) is 12.1 Å². The molecule has 1 aliphatic heterocycles. The molecule has 2 N–H and O–H groups in total. The number of Topliss-reactive ketones (excluding diaryl/α,β-unsaturated/α-hetero) is 1. The average molecular weight is 315 g/mol. The highest BCUT2D eigenvalue weighted by molar-refractivity contribution is 6.15. The quantitative estimate of drug-likeness (QED) is 0.822. The van der Waals surface area contributed by atoms with Crippen molar-refractivity contribution in [2.45, 2.75) is 6.42 Å². The van der Waals surface area contributed by atoms with Crippen LogP contribution in [0, 0.1) is 5.82 Å². The van der Waals surface area contributed by atoms with E-state index < -0.39 is 18.3 Å². The highest BCUT2D eigenvalue weighted by Gasteiger charge is 2.28. The van der Waals surface area contributed by atoms with Crippen molar-refractivity contribution in [1.29, 1.82) is 0 Å². The standard InChI is InChI=1S/C17H14FNO4/c18-11-3-1-10(2-4-11)7-12-5-6-15(23-12)16(21)13-8-19-17(22)14(13)9-20/h1-6,20H,7-9H2,(H,19,22). The van der Waals surface area contributed by atoms with Gasteiger partial charge in [0.1, 0.15) is 11.6 Å². The van der Waals surface area contributed by atoms with E-state index in [0.29, 0.717) is 12.2 Å². The molecule has 0 atom stereocenters. The van der Waals surface area contributed by atoms with Gasteiger partial charge in [-0.25, -0.2) is 4.39 Å². The third-order valence-corrected chi connectivity index (χ3v) is 3.67. The molecule has 1 aromatic heterocycles. The molecular formula is C17H14FNO4. The van der Waals surface area contributed by atoms with Gasteiger partial charge < -0.3 is 14.8 Å². The van der Waals surface area contributed by atoms with Crippen LogP contribution < -0.4 is 5.32 Å². The lowest BCUT2D eigenvalue weighted by atomic mass is 10.1. The minimum absolute atomic E-state index is 0.0754. The van der Waals surface area contributed by atoms with E-state index in [1.54, 1.807) is 18.2 Å². The number of carbonyl (C=O) groups excluding carboxylic acids is 2. The normalized spacial score (nSPS) is 14.3. The van der Waals surface area contributed by atoms with Gasteiger partial charge in [0.25, 0.3) is 0 Å². The van der Waals surface area contributed by atoms with Crippen molar-refractivity contribution in [3.05, 3.63) is 70.4 Å². The number of rotatable bonds is 5. The second-order valence-electron chi connectivity index (χ2n) is 5.20. The van der Waals surface area contributed by atoms with Gasteiger partial charge in [0.05, 0.1) is 12.2 Å². The van der Waals surface area contributed by atoms with Crippen molar-refractivity contribution >= 4 is 11.7 Å². The second-order valence-corrected chi connectivity index (χ2v) is 5.20. The minimum Gasteiger partial charge on any atom is -0.457 e. The van der Waals surface area contributed by atoms with E-state index in [1.807, 2.05) is 0 Å². The molecule has 0 saturated heterocycles. The third-order valence-electron chi connectivity index (χ3n) is 3.67. The molecule has 0 spiro atoms. The van der Waals surface area contributed by atoms with Crippen LogP contribution in [0.2, 0.25) is 0 Å². The van der Waals surface area contributed by atoms with Crippen molar-refractivity contribution in [2.75, 3.05) is 13.2 Å². The molecule has 6 heteroatoms. The summed E-state index contributed by atoms with van der Waals surface area (Å²) in [5, 5.41) is 11.7. The summed E-state index contributed by atoms with van der Waals surface area (Å²) in [6.45, 7) is -0.405. The number of amides is 1. The average Bonchev–Trinajstić information content (AvgIpc) is 3.15. The number of carbonyl (C=O) groups is 2. The van der Waals surface area contributed by atoms with Crippen molar-refractivity contribution in [3.8, 4) is 0 Å². The Labute approximate surface area is 131 Å². The lowest BCUT2D eigenvalue weighted by molar-refractivity contribution is -0.117. The molecule has 5 nitrogen and oxygen atoms in total. The summed E-state index contributed by atoms with van der Waals surface area (Å²) < 4.78 is 18.4. The van der Waals surface area contributed by atoms with Crippen LogP contribution in [0.3, 0.4) is 0 Å². The number of hydrogen-bond donors (Lipinski definition) is 2. The fraction of sp³-hybridized carbons (Fsp3) is 0.176. The Morgan fingerprint density at radius 2 is 1.96 bits per heavy atom. The Hall–Kier alpha value is -2.73. The molecule has 0 fully saturated rings. The van der Waals surface area contributed by atoms with Crippen LogP contribution in [0.5, 0.6) is 0 Å². The van der Waals surface area contributed by atoms with Gasteiger partial charge in [-0.2, -0.15) is 0 Å². The summed E-state index contributed by atoms with van der Waals surface area (Å²) in [5.74, 6) is -0.499. The number of aliphatic hydroxyl groups excluding tert-OH is 1. The smallest absolute Gasteiger partial charge is 0.250 e. The van der Waals surface area contributed by atoms with E-state index >= 15 is 0 Å². The summed E-state index contributed by atoms with van der Waals surface area (Å²) in [7, 11) is 0. The van der Waals surface area contributed by atoms with Crippen LogP contribution in [0.15, 0.2) is 52.0 Å². The van der Waals surface area contributed by atoms with Crippen LogP contribution >= 0.6 is 0 Å². The van der Waals surface area contributed by atoms with Crippen LogP contribution in [0.1, 0.15) is 21.9 Å². The van der Waals surface area contributed by atoms with E-state index in [0.717, 1.165) is 5.56 Å². The van der Waals surface area contributed by atoms with E-state index in [4.69, 9.17) is 4.42 Å². The maximum atomic E-state index is 12.9. The summed E-state index contributed by atoms with van der Waals surface area (Å²) in [6.07, 6.45) is 0.427. The summed E-state index contributed by atoms with van der Waals surface area (Å²) in [4.78, 5) is 23.9. The first-order valence-electron chi connectivity index (χ1n) is 7.07. The molecule has 23 heavy (non-hydrogen) atoms. The Bertz CT molecular complexity index is 789. The van der Waals surface area contributed by atoms with E-state index in [-0.39, 0.29) is 29.3 Å². The largest absolute Gasteiger partial charge is 0.457 e. The Morgan fingerprint density at radius 1 is 1.22 bits per heavy atom. The molecule has 2 heterocycles. The molecule has 3 rings (SSSR count). The fourth-order valence-corrected chi connectivity index (χ4v) is 2.45. The summed E-state index contributed by atoms with van der Waals surface area (Å²) in [6, 6.07) is 9.21. The van der Waals surface area contributed by atoms with Gasteiger partial charge >= 0.3 is 0 Å². The van der Waals surface area contributed by atoms with Crippen LogP contribution in [-0.2, 0) is 11.2 Å². The van der Waals surface area contributed by atoms with Crippen LogP contribution in [0.4, 0.5) is 4.39 Å². The fourth-order valence-electron chi connectivity index (χ4n) is 2.45. The summed E-state index contributed by atoms with van der Waals surface area (Å²) in [5.41, 5.74) is 1.15. The molecule has 1 amide bonds. The van der Waals surface area contributed by atoms with Crippen molar-refractivity contribution < 1.29 is 23.5 Å². The third kappa shape index (κ3) is 3.07. The monoisotopic (exact) mass is 315 g/mol. The predicted octanol–water partition coefficient (Wildman–Crippen LogP) is 1.61. The number of halogens is 1. The van der Waals surface area contributed by atoms with Crippen LogP contribution in [0.25, 0.3) is 0 Å². The number of furan rings is 1. The maximum absolute atomic E-state index is 12.9. The van der Waals surface area contributed by atoms with Crippen LogP contribution in [-0.4, -0.2) is 29.9 Å². The zero-order valence-corrected chi connectivity index (χ0v) is 12.1. The number of hydrogen-bond acceptors (Lipinski definition) is 4. The Kier molecular flexibility index (Phi) is 4.08. The first-order chi connectivity index (χ1) is 11.1. The molecule has 1 aliphatic rings. The van der Waals surface area contributed by atoms with Gasteiger partial charge in [0.15, 0.2) is 5.76 Å². The molecule has 1 aromatic carbocycles. The minimum atomic E-state index is -0.490. The topological polar surface area (TPSA) is 79.5 Å². The first kappa shape index (κ1) is 15.2. The maximum Gasteiger partial charge on any atom is 0.250 e. The predicted molar refractivity (Wildman–Crippen MR) is 79.4 cm³/mol. The van der Waals surface area contributed by atoms with Gasteiger partial charge in [0, 0.05) is 18.5 Å². The highest BCUT2D eigenvalue weighted by atomic mass is 19.1. The lowest BCUT2D eigenvalue weighted by Gasteiger charge is -2.00. The number of aliphatic hydroxyl groups is 1. The van der Waals surface area contributed by atoms with Crippen molar-refractivity contribution in [2.24, 2.45) is 0 Å². The number of benzene rings is 1. The number of ketones is 1. The van der Waals surface area contributed by atoms with E-state index in [9.17, 15) is 19.1 Å². The second kappa shape index (κ2) is 6.18. The molecule has 0 saturated carbocycles. The molecule has 0 aliphatic carbocycles. The molecular weight excluding hydrogens is 301 g/mol. The molecule has 0 radical (unpaired) electrons. The zero-order chi connectivity index (χ0) is 16.4. The molecule has 2 aromatic rings. The van der Waals surface area contributed by atoms with E-state index in [2.05, 4.69) is 5.32 Å². The van der Waals surface area contributed by atoms with Gasteiger partial charge in [-0.05, 0) is 29.8 Å². The zero-order valence-electron chi connectivity index (χ0n) is 12.1. The Morgan fingerprint density at radius 3 is 2.65 bits per heavy atom. The van der Waals surface area contributed by atoms with Crippen molar-refractivity contribution in [1.82, 2.24) is 5.32 Å². The van der Waals surface area contributed by atoms with Crippen molar-refractivity contribution in [3.63, 3.8) is 0 Å². The highest BCUT2D eigenvalue weighted by Crippen LogP contribution is 2.20. The number of nitrogens with one attached hydrogen (secondary N) is 1. The summed E-state index contributed by atoms with van der Waals surface area (Å²) >= 11 is 0. The SMILES string of the molecule is O=C1NCC(C(=O)c2ccc(Cc3ccc(F)cc3)o2)=C1CO. The molecule has 0 unspecified atom stereocenters. The van der Waals surface area contributed by atoms with Gasteiger partial charge in [0.2, 0.25) is 11.7 Å². The molecule has 118 valence electrons. The lowest BCUT2D eigenvalue weighted by Crippen LogP contribution is -2.18. The van der Waals surface area contributed by atoms with E-state index in [1.165, 1.54) is 18.2 Å². The molecule has 0 bridgehead atoms. The van der Waals surface area contributed by atoms with Gasteiger partial charge in [-0.3, -0.25) is 9.59 Å². The Balaban J connectivity index is 1.79. The first-order valence-corrected chi connectivity index (χ1v) is 7.07. The van der Waals surface area contributed by atoms with Gasteiger partial charge in [-0.15, -0.1) is 0 Å².